The van der Waals surface area contributed by atoms with Gasteiger partial charge in [0.05, 0.1) is 0 Å². The SMILES string of the molecule is O=C(NC1CCN(C(=O)C2CCCCC2)CC1)c1ccc(Cl)cc1. The van der Waals surface area contributed by atoms with Crippen LogP contribution in [0.15, 0.2) is 24.3 Å². The second-order valence-electron chi connectivity index (χ2n) is 6.91. The normalized spacial score (nSPS) is 20.0. The molecule has 1 N–H and O–H groups in total. The molecule has 0 bridgehead atoms. The lowest BCUT2D eigenvalue weighted by atomic mass is 9.87. The van der Waals surface area contributed by atoms with Crippen molar-refractivity contribution in [2.45, 2.75) is 51.0 Å². The summed E-state index contributed by atoms with van der Waals surface area (Å²) in [6.45, 7) is 1.50. The second-order valence-corrected chi connectivity index (χ2v) is 7.35. The summed E-state index contributed by atoms with van der Waals surface area (Å²) in [6, 6.07) is 7.06. The molecule has 24 heavy (non-hydrogen) atoms. The van der Waals surface area contributed by atoms with Crippen molar-refractivity contribution in [2.24, 2.45) is 5.92 Å². The Hall–Kier alpha value is -1.55. The van der Waals surface area contributed by atoms with Gasteiger partial charge in [0.25, 0.3) is 5.91 Å². The number of nitrogens with zero attached hydrogens (tertiary/aromatic N) is 1. The third-order valence-corrected chi connectivity index (χ3v) is 5.45. The molecular weight excluding hydrogens is 324 g/mol. The third-order valence-electron chi connectivity index (χ3n) is 5.20. The molecule has 0 spiro atoms. The van der Waals surface area contributed by atoms with Crippen LogP contribution >= 0.6 is 11.6 Å². The molecule has 0 atom stereocenters. The number of likely N-dealkylation sites (tertiary alicyclic amines) is 1. The highest BCUT2D eigenvalue weighted by molar-refractivity contribution is 6.30. The van der Waals surface area contributed by atoms with Crippen LogP contribution in [0.4, 0.5) is 0 Å². The first-order valence-electron chi connectivity index (χ1n) is 8.99. The Labute approximate surface area is 148 Å². The van der Waals surface area contributed by atoms with Gasteiger partial charge in [-0.25, -0.2) is 0 Å². The Morgan fingerprint density at radius 2 is 1.58 bits per heavy atom. The fourth-order valence-electron chi connectivity index (χ4n) is 3.72. The number of hydrogen-bond donors (Lipinski definition) is 1. The van der Waals surface area contributed by atoms with E-state index in [1.807, 2.05) is 4.90 Å². The zero-order valence-corrected chi connectivity index (χ0v) is 14.7. The van der Waals surface area contributed by atoms with Gasteiger partial charge in [-0.3, -0.25) is 9.59 Å². The summed E-state index contributed by atoms with van der Waals surface area (Å²) in [7, 11) is 0. The van der Waals surface area contributed by atoms with Gasteiger partial charge in [-0.15, -0.1) is 0 Å². The Morgan fingerprint density at radius 1 is 0.958 bits per heavy atom. The third kappa shape index (κ3) is 4.29. The molecule has 2 aliphatic rings. The second kappa shape index (κ2) is 8.02. The average molecular weight is 349 g/mol. The minimum atomic E-state index is -0.0660. The van der Waals surface area contributed by atoms with Gasteiger partial charge in [0.15, 0.2) is 0 Å². The Kier molecular flexibility index (Phi) is 5.77. The van der Waals surface area contributed by atoms with Crippen LogP contribution in [0.25, 0.3) is 0 Å². The minimum absolute atomic E-state index is 0.0660. The van der Waals surface area contributed by atoms with Gasteiger partial charge in [0.2, 0.25) is 5.91 Å². The number of carbonyl (C=O) groups excluding carboxylic acids is 2. The van der Waals surface area contributed by atoms with E-state index in [1.54, 1.807) is 24.3 Å². The van der Waals surface area contributed by atoms with Gasteiger partial charge in [-0.1, -0.05) is 30.9 Å². The first-order chi connectivity index (χ1) is 11.6. The quantitative estimate of drug-likeness (QED) is 0.906. The molecule has 1 aliphatic heterocycles. The lowest BCUT2D eigenvalue weighted by Gasteiger charge is -2.35. The van der Waals surface area contributed by atoms with E-state index in [-0.39, 0.29) is 17.9 Å². The molecule has 2 fully saturated rings. The molecule has 1 aliphatic carbocycles. The van der Waals surface area contributed by atoms with Gasteiger partial charge in [0.1, 0.15) is 0 Å². The lowest BCUT2D eigenvalue weighted by molar-refractivity contribution is -0.137. The zero-order valence-electron chi connectivity index (χ0n) is 14.0. The summed E-state index contributed by atoms with van der Waals surface area (Å²) in [5.41, 5.74) is 0.625. The minimum Gasteiger partial charge on any atom is -0.349 e. The van der Waals surface area contributed by atoms with Crippen molar-refractivity contribution in [3.63, 3.8) is 0 Å². The molecule has 0 aromatic heterocycles. The van der Waals surface area contributed by atoms with E-state index in [0.29, 0.717) is 16.5 Å². The number of carbonyl (C=O) groups is 2. The number of nitrogens with one attached hydrogen (secondary N) is 1. The summed E-state index contributed by atoms with van der Waals surface area (Å²) >= 11 is 5.85. The largest absolute Gasteiger partial charge is 0.349 e. The number of amides is 2. The van der Waals surface area contributed by atoms with Crippen molar-refractivity contribution < 1.29 is 9.59 Å². The molecule has 5 heteroatoms. The summed E-state index contributed by atoms with van der Waals surface area (Å²) in [5.74, 6) is 0.500. The fraction of sp³-hybridized carbons (Fsp3) is 0.579. The Morgan fingerprint density at radius 3 is 2.21 bits per heavy atom. The van der Waals surface area contributed by atoms with E-state index in [4.69, 9.17) is 11.6 Å². The summed E-state index contributed by atoms with van der Waals surface area (Å²) in [4.78, 5) is 26.8. The molecule has 3 rings (SSSR count). The van der Waals surface area contributed by atoms with E-state index in [9.17, 15) is 9.59 Å². The maximum Gasteiger partial charge on any atom is 0.251 e. The van der Waals surface area contributed by atoms with E-state index in [0.717, 1.165) is 38.8 Å². The van der Waals surface area contributed by atoms with Crippen LogP contribution in [0.2, 0.25) is 5.02 Å². The standard InChI is InChI=1S/C19H25ClN2O2/c20-16-8-6-14(7-9-16)18(23)21-17-10-12-22(13-11-17)19(24)15-4-2-1-3-5-15/h6-9,15,17H,1-5,10-13H2,(H,21,23). The molecule has 1 aromatic carbocycles. The predicted octanol–water partition coefficient (Wildman–Crippen LogP) is 3.64. The van der Waals surface area contributed by atoms with E-state index in [2.05, 4.69) is 5.32 Å². The molecule has 4 nitrogen and oxygen atoms in total. The predicted molar refractivity (Wildman–Crippen MR) is 95.1 cm³/mol. The van der Waals surface area contributed by atoms with Crippen LogP contribution in [0.1, 0.15) is 55.3 Å². The summed E-state index contributed by atoms with van der Waals surface area (Å²) < 4.78 is 0. The van der Waals surface area contributed by atoms with E-state index in [1.165, 1.54) is 19.3 Å². The van der Waals surface area contributed by atoms with Crippen LogP contribution in [0.3, 0.4) is 0 Å². The molecule has 0 radical (unpaired) electrons. The number of halogens is 1. The fourth-order valence-corrected chi connectivity index (χ4v) is 3.85. The van der Waals surface area contributed by atoms with Gasteiger partial charge < -0.3 is 10.2 Å². The van der Waals surface area contributed by atoms with Crippen LogP contribution < -0.4 is 5.32 Å². The Bertz CT molecular complexity index is 574. The van der Waals surface area contributed by atoms with Gasteiger partial charge in [0, 0.05) is 35.6 Å². The van der Waals surface area contributed by atoms with Crippen LogP contribution in [0.5, 0.6) is 0 Å². The van der Waals surface area contributed by atoms with Crippen molar-refractivity contribution in [3.05, 3.63) is 34.9 Å². The molecule has 2 amide bonds. The van der Waals surface area contributed by atoms with Crippen LogP contribution in [0, 0.1) is 5.92 Å². The zero-order chi connectivity index (χ0) is 16.9. The van der Waals surface area contributed by atoms with E-state index < -0.39 is 0 Å². The monoisotopic (exact) mass is 348 g/mol. The van der Waals surface area contributed by atoms with Crippen molar-refractivity contribution in [1.82, 2.24) is 10.2 Å². The van der Waals surface area contributed by atoms with Crippen molar-refractivity contribution in [3.8, 4) is 0 Å². The highest BCUT2D eigenvalue weighted by atomic mass is 35.5. The van der Waals surface area contributed by atoms with E-state index >= 15 is 0 Å². The number of piperidine rings is 1. The van der Waals surface area contributed by atoms with Crippen LogP contribution in [-0.4, -0.2) is 35.8 Å². The summed E-state index contributed by atoms with van der Waals surface area (Å²) in [5, 5.41) is 3.70. The first kappa shape index (κ1) is 17.3. The topological polar surface area (TPSA) is 49.4 Å². The molecule has 1 saturated carbocycles. The maximum atomic E-state index is 12.6. The van der Waals surface area contributed by atoms with Crippen molar-refractivity contribution in [1.29, 1.82) is 0 Å². The molecule has 1 saturated heterocycles. The van der Waals surface area contributed by atoms with Gasteiger partial charge in [-0.05, 0) is 49.9 Å². The van der Waals surface area contributed by atoms with Gasteiger partial charge >= 0.3 is 0 Å². The van der Waals surface area contributed by atoms with Crippen LogP contribution in [-0.2, 0) is 4.79 Å². The average Bonchev–Trinajstić information content (AvgIpc) is 2.63. The molecule has 130 valence electrons. The highest BCUT2D eigenvalue weighted by Crippen LogP contribution is 2.26. The Balaban J connectivity index is 1.47. The smallest absolute Gasteiger partial charge is 0.251 e. The number of rotatable bonds is 3. The first-order valence-corrected chi connectivity index (χ1v) is 9.36. The van der Waals surface area contributed by atoms with Crippen molar-refractivity contribution in [2.75, 3.05) is 13.1 Å². The maximum absolute atomic E-state index is 12.6. The molecule has 1 aromatic rings. The van der Waals surface area contributed by atoms with Crippen molar-refractivity contribution >= 4 is 23.4 Å². The summed E-state index contributed by atoms with van der Waals surface area (Å²) in [6.07, 6.45) is 7.39. The van der Waals surface area contributed by atoms with Gasteiger partial charge in [-0.2, -0.15) is 0 Å². The number of hydrogen-bond acceptors (Lipinski definition) is 2. The molecule has 0 unspecified atom stereocenters. The molecule has 1 heterocycles. The number of benzene rings is 1. The highest BCUT2D eigenvalue weighted by Gasteiger charge is 2.29. The lowest BCUT2D eigenvalue weighted by Crippen LogP contribution is -2.48. The molecular formula is C19H25ClN2O2.